The second-order valence-corrected chi connectivity index (χ2v) is 4.81. The van der Waals surface area contributed by atoms with Crippen molar-refractivity contribution < 1.29 is 13.6 Å². The van der Waals surface area contributed by atoms with Crippen LogP contribution in [0.5, 0.6) is 0 Å². The molecular weight excluding hydrogens is 238 g/mol. The molecule has 5 heteroatoms. The molecule has 1 aliphatic rings. The monoisotopic (exact) mass is 254 g/mol. The van der Waals surface area contributed by atoms with Crippen molar-refractivity contribution in [3.05, 3.63) is 29.3 Å². The number of amides is 1. The van der Waals surface area contributed by atoms with E-state index in [1.165, 1.54) is 4.90 Å². The van der Waals surface area contributed by atoms with Gasteiger partial charge >= 0.3 is 0 Å². The van der Waals surface area contributed by atoms with E-state index in [0.29, 0.717) is 12.5 Å². The molecule has 2 N–H and O–H groups in total. The SMILES string of the molecule is CN(CC1CCC1)C(=O)c1c(F)ccc(N)c1F. The van der Waals surface area contributed by atoms with Gasteiger partial charge in [-0.2, -0.15) is 0 Å². The first kappa shape index (κ1) is 12.8. The summed E-state index contributed by atoms with van der Waals surface area (Å²) in [7, 11) is 1.56. The molecule has 0 bridgehead atoms. The van der Waals surface area contributed by atoms with E-state index in [2.05, 4.69) is 0 Å². The fourth-order valence-corrected chi connectivity index (χ4v) is 2.10. The van der Waals surface area contributed by atoms with E-state index in [4.69, 9.17) is 5.73 Å². The third-order valence-electron chi connectivity index (χ3n) is 3.44. The molecule has 1 fully saturated rings. The molecule has 0 saturated heterocycles. The number of carbonyl (C=O) groups is 1. The van der Waals surface area contributed by atoms with Crippen molar-refractivity contribution in [2.75, 3.05) is 19.3 Å². The van der Waals surface area contributed by atoms with Gasteiger partial charge in [0.1, 0.15) is 11.4 Å². The minimum absolute atomic E-state index is 0.211. The minimum Gasteiger partial charge on any atom is -0.396 e. The van der Waals surface area contributed by atoms with Crippen molar-refractivity contribution in [2.24, 2.45) is 5.92 Å². The number of carbonyl (C=O) groups excluding carboxylic acids is 1. The first-order chi connectivity index (χ1) is 8.50. The molecule has 1 aromatic rings. The van der Waals surface area contributed by atoms with E-state index in [1.54, 1.807) is 7.05 Å². The van der Waals surface area contributed by atoms with Gasteiger partial charge in [0.25, 0.3) is 5.91 Å². The van der Waals surface area contributed by atoms with Crippen molar-refractivity contribution in [1.82, 2.24) is 4.90 Å². The molecule has 0 unspecified atom stereocenters. The fraction of sp³-hybridized carbons (Fsp3) is 0.462. The van der Waals surface area contributed by atoms with Gasteiger partial charge in [-0.25, -0.2) is 8.78 Å². The molecule has 2 rings (SSSR count). The molecule has 1 aliphatic carbocycles. The predicted molar refractivity (Wildman–Crippen MR) is 65.1 cm³/mol. The van der Waals surface area contributed by atoms with Crippen LogP contribution in [0.3, 0.4) is 0 Å². The molecule has 1 saturated carbocycles. The van der Waals surface area contributed by atoms with Gasteiger partial charge in [-0.05, 0) is 30.9 Å². The normalized spacial score (nSPS) is 15.3. The van der Waals surface area contributed by atoms with Crippen molar-refractivity contribution in [3.8, 4) is 0 Å². The highest BCUT2D eigenvalue weighted by Crippen LogP contribution is 2.28. The van der Waals surface area contributed by atoms with Crippen LogP contribution in [0, 0.1) is 17.6 Å². The standard InChI is InChI=1S/C13H16F2N2O/c1-17(7-8-3-2-4-8)13(18)11-9(14)5-6-10(16)12(11)15/h5-6,8H,2-4,7,16H2,1H3. The summed E-state index contributed by atoms with van der Waals surface area (Å²) in [6, 6.07) is 2.14. The topological polar surface area (TPSA) is 46.3 Å². The van der Waals surface area contributed by atoms with Crippen molar-refractivity contribution in [1.29, 1.82) is 0 Å². The van der Waals surface area contributed by atoms with E-state index in [9.17, 15) is 13.6 Å². The molecule has 0 aromatic heterocycles. The van der Waals surface area contributed by atoms with Gasteiger partial charge in [-0.15, -0.1) is 0 Å². The van der Waals surface area contributed by atoms with Crippen LogP contribution in [0.2, 0.25) is 0 Å². The van der Waals surface area contributed by atoms with Gasteiger partial charge in [0, 0.05) is 13.6 Å². The summed E-state index contributed by atoms with van der Waals surface area (Å²) >= 11 is 0. The van der Waals surface area contributed by atoms with E-state index in [1.807, 2.05) is 0 Å². The number of anilines is 1. The third kappa shape index (κ3) is 2.30. The Bertz CT molecular complexity index is 472. The van der Waals surface area contributed by atoms with Crippen LogP contribution in [0.15, 0.2) is 12.1 Å². The lowest BCUT2D eigenvalue weighted by Gasteiger charge is -2.30. The fourth-order valence-electron chi connectivity index (χ4n) is 2.10. The maximum Gasteiger partial charge on any atom is 0.259 e. The molecule has 1 aromatic carbocycles. The van der Waals surface area contributed by atoms with Gasteiger partial charge in [-0.1, -0.05) is 6.42 Å². The number of hydrogen-bond donors (Lipinski definition) is 1. The lowest BCUT2D eigenvalue weighted by Crippen LogP contribution is -2.35. The molecular formula is C13H16F2N2O. The quantitative estimate of drug-likeness (QED) is 0.842. The zero-order valence-electron chi connectivity index (χ0n) is 10.2. The first-order valence-corrected chi connectivity index (χ1v) is 5.99. The van der Waals surface area contributed by atoms with E-state index < -0.39 is 23.1 Å². The Morgan fingerprint density at radius 1 is 1.44 bits per heavy atom. The second-order valence-electron chi connectivity index (χ2n) is 4.81. The van der Waals surface area contributed by atoms with Gasteiger partial charge in [0.15, 0.2) is 5.82 Å². The summed E-state index contributed by atoms with van der Waals surface area (Å²) < 4.78 is 27.2. The Morgan fingerprint density at radius 3 is 2.67 bits per heavy atom. The predicted octanol–water partition coefficient (Wildman–Crippen LogP) is 2.42. The van der Waals surface area contributed by atoms with Crippen LogP contribution >= 0.6 is 0 Å². The smallest absolute Gasteiger partial charge is 0.259 e. The molecule has 0 atom stereocenters. The van der Waals surface area contributed by atoms with Crippen molar-refractivity contribution in [3.63, 3.8) is 0 Å². The van der Waals surface area contributed by atoms with Crippen LogP contribution < -0.4 is 5.73 Å². The number of halogens is 2. The molecule has 98 valence electrons. The average Bonchev–Trinajstić information content (AvgIpc) is 2.28. The van der Waals surface area contributed by atoms with Crippen molar-refractivity contribution >= 4 is 11.6 Å². The molecule has 18 heavy (non-hydrogen) atoms. The summed E-state index contributed by atoms with van der Waals surface area (Å²) in [6.45, 7) is 0.534. The average molecular weight is 254 g/mol. The highest BCUT2D eigenvalue weighted by atomic mass is 19.1. The zero-order valence-corrected chi connectivity index (χ0v) is 10.2. The molecule has 0 heterocycles. The van der Waals surface area contributed by atoms with Crippen molar-refractivity contribution in [2.45, 2.75) is 19.3 Å². The Morgan fingerprint density at radius 2 is 2.11 bits per heavy atom. The lowest BCUT2D eigenvalue weighted by atomic mass is 9.85. The molecule has 0 spiro atoms. The Hall–Kier alpha value is -1.65. The number of benzene rings is 1. The zero-order chi connectivity index (χ0) is 13.3. The van der Waals surface area contributed by atoms with Crippen LogP contribution in [0.1, 0.15) is 29.6 Å². The lowest BCUT2D eigenvalue weighted by molar-refractivity contribution is 0.0735. The summed E-state index contributed by atoms with van der Waals surface area (Å²) in [6.07, 6.45) is 3.30. The molecule has 0 radical (unpaired) electrons. The molecule has 0 aliphatic heterocycles. The summed E-state index contributed by atoms with van der Waals surface area (Å²) in [5.41, 5.74) is 4.58. The van der Waals surface area contributed by atoms with Gasteiger partial charge in [0.2, 0.25) is 0 Å². The maximum atomic E-state index is 13.7. The third-order valence-corrected chi connectivity index (χ3v) is 3.44. The van der Waals surface area contributed by atoms with Crippen LogP contribution in [-0.2, 0) is 0 Å². The number of nitrogen functional groups attached to an aromatic ring is 1. The summed E-state index contributed by atoms with van der Waals surface area (Å²) in [5.74, 6) is -2.04. The highest BCUT2D eigenvalue weighted by molar-refractivity contribution is 5.95. The highest BCUT2D eigenvalue weighted by Gasteiger charge is 2.26. The van der Waals surface area contributed by atoms with Crippen LogP contribution in [-0.4, -0.2) is 24.4 Å². The van der Waals surface area contributed by atoms with E-state index in [-0.39, 0.29) is 5.69 Å². The number of nitrogens with two attached hydrogens (primary N) is 1. The van der Waals surface area contributed by atoms with Gasteiger partial charge in [-0.3, -0.25) is 4.79 Å². The molecule has 3 nitrogen and oxygen atoms in total. The minimum atomic E-state index is -0.972. The van der Waals surface area contributed by atoms with Gasteiger partial charge < -0.3 is 10.6 Å². The Balaban J connectivity index is 2.19. The van der Waals surface area contributed by atoms with E-state index in [0.717, 1.165) is 31.4 Å². The van der Waals surface area contributed by atoms with Crippen LogP contribution in [0.4, 0.5) is 14.5 Å². The number of hydrogen-bond acceptors (Lipinski definition) is 2. The largest absolute Gasteiger partial charge is 0.396 e. The Labute approximate surface area is 105 Å². The second kappa shape index (κ2) is 4.92. The van der Waals surface area contributed by atoms with Crippen LogP contribution in [0.25, 0.3) is 0 Å². The number of rotatable bonds is 3. The maximum absolute atomic E-state index is 13.7. The van der Waals surface area contributed by atoms with E-state index >= 15 is 0 Å². The Kier molecular flexibility index (Phi) is 3.50. The number of nitrogens with zero attached hydrogens (tertiary/aromatic N) is 1. The summed E-state index contributed by atoms with van der Waals surface area (Å²) in [5, 5.41) is 0. The van der Waals surface area contributed by atoms with Gasteiger partial charge in [0.05, 0.1) is 5.69 Å². The first-order valence-electron chi connectivity index (χ1n) is 5.99. The molecule has 1 amide bonds. The summed E-state index contributed by atoms with van der Waals surface area (Å²) in [4.78, 5) is 13.4.